The zero-order chi connectivity index (χ0) is 11.4. The van der Waals surface area contributed by atoms with Gasteiger partial charge in [-0.15, -0.1) is 0 Å². The predicted octanol–water partition coefficient (Wildman–Crippen LogP) is 2.20. The normalized spacial score (nSPS) is 12.5. The van der Waals surface area contributed by atoms with Gasteiger partial charge in [0, 0.05) is 16.6 Å². The molecule has 82 valence electrons. The van der Waals surface area contributed by atoms with Crippen molar-refractivity contribution in [3.8, 4) is 0 Å². The van der Waals surface area contributed by atoms with Crippen molar-refractivity contribution in [1.29, 1.82) is 0 Å². The number of rotatable bonds is 4. The molecule has 0 spiro atoms. The fourth-order valence-corrected chi connectivity index (χ4v) is 1.80. The molecule has 3 nitrogen and oxygen atoms in total. The molecule has 1 rings (SSSR count). The van der Waals surface area contributed by atoms with E-state index < -0.39 is 11.9 Å². The summed E-state index contributed by atoms with van der Waals surface area (Å²) in [5.41, 5.74) is 5.99. The Morgan fingerprint density at radius 3 is 2.33 bits per heavy atom. The Bertz CT molecular complexity index is 348. The van der Waals surface area contributed by atoms with Gasteiger partial charge in [-0.2, -0.15) is 0 Å². The predicted molar refractivity (Wildman–Crippen MR) is 60.3 cm³/mol. The zero-order valence-corrected chi connectivity index (χ0v) is 9.42. The second kappa shape index (κ2) is 5.35. The standard InChI is InChI=1S/C10H11Cl2NO2/c11-8-2-1-3-9(12)7(8)4-6(5-13)10(14)15/h1-3,6H,4-5,13H2,(H,14,15). The topological polar surface area (TPSA) is 63.3 Å². The first kappa shape index (κ1) is 12.3. The highest BCUT2D eigenvalue weighted by molar-refractivity contribution is 6.36. The Morgan fingerprint density at radius 2 is 1.93 bits per heavy atom. The van der Waals surface area contributed by atoms with E-state index in [2.05, 4.69) is 0 Å². The van der Waals surface area contributed by atoms with E-state index in [1.165, 1.54) is 0 Å². The monoisotopic (exact) mass is 247 g/mol. The lowest BCUT2D eigenvalue weighted by Crippen LogP contribution is -2.25. The fraction of sp³-hybridized carbons (Fsp3) is 0.300. The highest BCUT2D eigenvalue weighted by atomic mass is 35.5. The van der Waals surface area contributed by atoms with E-state index in [0.29, 0.717) is 15.6 Å². The Hall–Kier alpha value is -0.770. The molecule has 1 unspecified atom stereocenters. The molecule has 0 aliphatic heterocycles. The van der Waals surface area contributed by atoms with Crippen LogP contribution in [0.15, 0.2) is 18.2 Å². The molecular formula is C10H11Cl2NO2. The van der Waals surface area contributed by atoms with Crippen molar-refractivity contribution >= 4 is 29.2 Å². The summed E-state index contributed by atoms with van der Waals surface area (Å²) in [5.74, 6) is -1.59. The molecule has 3 N–H and O–H groups in total. The maximum absolute atomic E-state index is 10.8. The molecule has 0 bridgehead atoms. The third kappa shape index (κ3) is 3.09. The number of carboxylic acids is 1. The van der Waals surface area contributed by atoms with Gasteiger partial charge in [-0.3, -0.25) is 4.79 Å². The van der Waals surface area contributed by atoms with Crippen molar-refractivity contribution < 1.29 is 9.90 Å². The molecule has 15 heavy (non-hydrogen) atoms. The molecule has 1 atom stereocenters. The van der Waals surface area contributed by atoms with Crippen LogP contribution in [0.1, 0.15) is 5.56 Å². The first-order valence-electron chi connectivity index (χ1n) is 4.42. The van der Waals surface area contributed by atoms with Crippen LogP contribution < -0.4 is 5.73 Å². The molecular weight excluding hydrogens is 237 g/mol. The van der Waals surface area contributed by atoms with Crippen LogP contribution in [0.4, 0.5) is 0 Å². The molecule has 0 aromatic heterocycles. The third-order valence-electron chi connectivity index (χ3n) is 2.15. The number of aliphatic carboxylic acids is 1. The molecule has 5 heteroatoms. The molecule has 0 saturated carbocycles. The van der Waals surface area contributed by atoms with Gasteiger partial charge >= 0.3 is 5.97 Å². The molecule has 0 aliphatic carbocycles. The molecule has 0 saturated heterocycles. The third-order valence-corrected chi connectivity index (χ3v) is 2.85. The van der Waals surface area contributed by atoms with Gasteiger partial charge in [0.25, 0.3) is 0 Å². The van der Waals surface area contributed by atoms with Crippen LogP contribution in [-0.4, -0.2) is 17.6 Å². The first-order valence-corrected chi connectivity index (χ1v) is 5.17. The van der Waals surface area contributed by atoms with Crippen molar-refractivity contribution in [3.05, 3.63) is 33.8 Å². The second-order valence-corrected chi connectivity index (χ2v) is 3.99. The number of nitrogens with two attached hydrogens (primary N) is 1. The van der Waals surface area contributed by atoms with Crippen molar-refractivity contribution in [2.75, 3.05) is 6.54 Å². The number of carbonyl (C=O) groups is 1. The van der Waals surface area contributed by atoms with Crippen LogP contribution in [0, 0.1) is 5.92 Å². The van der Waals surface area contributed by atoms with E-state index in [1.54, 1.807) is 18.2 Å². The molecule has 0 aliphatic rings. The van der Waals surface area contributed by atoms with Crippen molar-refractivity contribution in [2.24, 2.45) is 11.7 Å². The quantitative estimate of drug-likeness (QED) is 0.858. The van der Waals surface area contributed by atoms with Gasteiger partial charge < -0.3 is 10.8 Å². The lowest BCUT2D eigenvalue weighted by Gasteiger charge is -2.12. The Labute approximate surface area is 97.8 Å². The van der Waals surface area contributed by atoms with Gasteiger partial charge in [0.15, 0.2) is 0 Å². The largest absolute Gasteiger partial charge is 0.481 e. The van der Waals surface area contributed by atoms with Gasteiger partial charge in [-0.1, -0.05) is 29.3 Å². The van der Waals surface area contributed by atoms with Gasteiger partial charge in [-0.05, 0) is 24.1 Å². The van der Waals surface area contributed by atoms with Gasteiger partial charge in [0.2, 0.25) is 0 Å². The van der Waals surface area contributed by atoms with E-state index in [9.17, 15) is 4.79 Å². The Balaban J connectivity index is 2.92. The van der Waals surface area contributed by atoms with E-state index >= 15 is 0 Å². The minimum absolute atomic E-state index is 0.0664. The summed E-state index contributed by atoms with van der Waals surface area (Å²) >= 11 is 11.8. The molecule has 1 aromatic rings. The second-order valence-electron chi connectivity index (χ2n) is 3.18. The van der Waals surface area contributed by atoms with Crippen molar-refractivity contribution in [3.63, 3.8) is 0 Å². The van der Waals surface area contributed by atoms with E-state index in [0.717, 1.165) is 0 Å². The summed E-state index contributed by atoms with van der Waals surface area (Å²) in [6.07, 6.45) is 0.254. The lowest BCUT2D eigenvalue weighted by molar-refractivity contribution is -0.141. The lowest BCUT2D eigenvalue weighted by atomic mass is 9.99. The smallest absolute Gasteiger partial charge is 0.308 e. The maximum atomic E-state index is 10.8. The fourth-order valence-electron chi connectivity index (χ4n) is 1.25. The number of benzene rings is 1. The molecule has 0 radical (unpaired) electrons. The van der Waals surface area contributed by atoms with Gasteiger partial charge in [0.05, 0.1) is 5.92 Å². The number of hydrogen-bond acceptors (Lipinski definition) is 2. The minimum Gasteiger partial charge on any atom is -0.481 e. The molecule has 1 aromatic carbocycles. The van der Waals surface area contributed by atoms with E-state index in [4.69, 9.17) is 34.0 Å². The average molecular weight is 248 g/mol. The number of hydrogen-bond donors (Lipinski definition) is 2. The SMILES string of the molecule is NCC(Cc1c(Cl)cccc1Cl)C(=O)O. The highest BCUT2D eigenvalue weighted by Crippen LogP contribution is 2.26. The van der Waals surface area contributed by atoms with Crippen molar-refractivity contribution in [2.45, 2.75) is 6.42 Å². The zero-order valence-electron chi connectivity index (χ0n) is 7.91. The molecule has 0 amide bonds. The summed E-state index contributed by atoms with van der Waals surface area (Å²) in [4.78, 5) is 10.8. The van der Waals surface area contributed by atoms with Crippen LogP contribution in [-0.2, 0) is 11.2 Å². The number of carboxylic acid groups (broad SMARTS) is 1. The molecule has 0 heterocycles. The van der Waals surface area contributed by atoms with E-state index in [-0.39, 0.29) is 13.0 Å². The maximum Gasteiger partial charge on any atom is 0.308 e. The van der Waals surface area contributed by atoms with E-state index in [1.807, 2.05) is 0 Å². The Morgan fingerprint density at radius 1 is 1.40 bits per heavy atom. The van der Waals surface area contributed by atoms with Gasteiger partial charge in [0.1, 0.15) is 0 Å². The van der Waals surface area contributed by atoms with Crippen LogP contribution in [0.25, 0.3) is 0 Å². The minimum atomic E-state index is -0.937. The van der Waals surface area contributed by atoms with Gasteiger partial charge in [-0.25, -0.2) is 0 Å². The highest BCUT2D eigenvalue weighted by Gasteiger charge is 2.18. The van der Waals surface area contributed by atoms with Crippen LogP contribution >= 0.6 is 23.2 Å². The van der Waals surface area contributed by atoms with Crippen LogP contribution in [0.5, 0.6) is 0 Å². The summed E-state index contributed by atoms with van der Waals surface area (Å²) in [5, 5.41) is 9.80. The number of halogens is 2. The molecule has 0 fully saturated rings. The Kier molecular flexibility index (Phi) is 4.39. The average Bonchev–Trinajstić information content (AvgIpc) is 2.17. The van der Waals surface area contributed by atoms with Crippen LogP contribution in [0.2, 0.25) is 10.0 Å². The first-order chi connectivity index (χ1) is 7.06. The summed E-state index contributed by atoms with van der Waals surface area (Å²) < 4.78 is 0. The van der Waals surface area contributed by atoms with Crippen molar-refractivity contribution in [1.82, 2.24) is 0 Å². The summed E-state index contributed by atoms with van der Waals surface area (Å²) in [6.45, 7) is 0.0664. The summed E-state index contributed by atoms with van der Waals surface area (Å²) in [7, 11) is 0. The summed E-state index contributed by atoms with van der Waals surface area (Å²) in [6, 6.07) is 5.07. The van der Waals surface area contributed by atoms with Crippen LogP contribution in [0.3, 0.4) is 0 Å².